The zero-order valence-corrected chi connectivity index (χ0v) is 11.3. The molecule has 2 aromatic heterocycles. The van der Waals surface area contributed by atoms with Gasteiger partial charge in [-0.15, -0.1) is 0 Å². The van der Waals surface area contributed by atoms with Gasteiger partial charge in [0, 0.05) is 18.3 Å². The molecule has 19 heavy (non-hydrogen) atoms. The first kappa shape index (κ1) is 13.3. The summed E-state index contributed by atoms with van der Waals surface area (Å²) in [5.74, 6) is -0.161. The second-order valence-corrected chi connectivity index (χ2v) is 5.24. The summed E-state index contributed by atoms with van der Waals surface area (Å²) in [7, 11) is 0. The highest BCUT2D eigenvalue weighted by Crippen LogP contribution is 2.24. The number of aliphatic carboxylic acids is 1. The first-order valence-corrected chi connectivity index (χ1v) is 6.10. The molecule has 0 spiro atoms. The summed E-state index contributed by atoms with van der Waals surface area (Å²) in [5.41, 5.74) is 1.62. The lowest BCUT2D eigenvalue weighted by Crippen LogP contribution is -2.26. The SMILES string of the molecule is Cc1[nH]c(CC(C)(C)C(=O)O)nc1-c1ccccn1. The number of nitrogens with zero attached hydrogens (tertiary/aromatic N) is 2. The fourth-order valence-corrected chi connectivity index (χ4v) is 1.85. The van der Waals surface area contributed by atoms with Gasteiger partial charge in [0.05, 0.1) is 11.1 Å². The summed E-state index contributed by atoms with van der Waals surface area (Å²) >= 11 is 0. The number of carboxylic acid groups (broad SMARTS) is 1. The van der Waals surface area contributed by atoms with E-state index >= 15 is 0 Å². The molecule has 0 aliphatic rings. The zero-order valence-electron chi connectivity index (χ0n) is 11.3. The van der Waals surface area contributed by atoms with E-state index in [-0.39, 0.29) is 0 Å². The number of hydrogen-bond acceptors (Lipinski definition) is 3. The number of carbonyl (C=O) groups is 1. The quantitative estimate of drug-likeness (QED) is 0.883. The van der Waals surface area contributed by atoms with E-state index in [0.717, 1.165) is 17.1 Å². The van der Waals surface area contributed by atoms with Crippen LogP contribution >= 0.6 is 0 Å². The Bertz CT molecular complexity index is 588. The van der Waals surface area contributed by atoms with E-state index < -0.39 is 11.4 Å². The van der Waals surface area contributed by atoms with Gasteiger partial charge in [0.15, 0.2) is 0 Å². The van der Waals surface area contributed by atoms with Crippen LogP contribution in [0.1, 0.15) is 25.4 Å². The van der Waals surface area contributed by atoms with Gasteiger partial charge >= 0.3 is 5.97 Å². The van der Waals surface area contributed by atoms with Crippen molar-refractivity contribution in [2.45, 2.75) is 27.2 Å². The van der Waals surface area contributed by atoms with Crippen LogP contribution in [0.15, 0.2) is 24.4 Å². The summed E-state index contributed by atoms with van der Waals surface area (Å²) in [6, 6.07) is 5.63. The third-order valence-corrected chi connectivity index (χ3v) is 3.03. The Hall–Kier alpha value is -2.17. The monoisotopic (exact) mass is 259 g/mol. The molecule has 0 saturated heterocycles. The average Bonchev–Trinajstić information content (AvgIpc) is 2.70. The Balaban J connectivity index is 2.30. The maximum atomic E-state index is 11.1. The summed E-state index contributed by atoms with van der Waals surface area (Å²) < 4.78 is 0. The molecule has 0 aliphatic heterocycles. The Morgan fingerprint density at radius 1 is 1.42 bits per heavy atom. The van der Waals surface area contributed by atoms with Gasteiger partial charge in [-0.2, -0.15) is 0 Å². The first-order valence-electron chi connectivity index (χ1n) is 6.10. The predicted octanol–water partition coefficient (Wildman–Crippen LogP) is 2.43. The molecular weight excluding hydrogens is 242 g/mol. The molecular formula is C14H17N3O2. The number of aryl methyl sites for hydroxylation is 1. The van der Waals surface area contributed by atoms with Gasteiger partial charge in [0.2, 0.25) is 0 Å². The fourth-order valence-electron chi connectivity index (χ4n) is 1.85. The van der Waals surface area contributed by atoms with E-state index in [9.17, 15) is 4.79 Å². The van der Waals surface area contributed by atoms with E-state index in [0.29, 0.717) is 12.2 Å². The molecule has 100 valence electrons. The second kappa shape index (κ2) is 4.84. The molecule has 5 heteroatoms. The van der Waals surface area contributed by atoms with Crippen LogP contribution in [0.3, 0.4) is 0 Å². The second-order valence-electron chi connectivity index (χ2n) is 5.24. The van der Waals surface area contributed by atoms with Crippen LogP contribution in [-0.2, 0) is 11.2 Å². The molecule has 0 saturated carbocycles. The van der Waals surface area contributed by atoms with Gasteiger partial charge in [-0.05, 0) is 32.9 Å². The maximum absolute atomic E-state index is 11.1. The summed E-state index contributed by atoms with van der Waals surface area (Å²) in [6.45, 7) is 5.29. The van der Waals surface area contributed by atoms with E-state index in [1.165, 1.54) is 0 Å². The van der Waals surface area contributed by atoms with Crippen LogP contribution in [-0.4, -0.2) is 26.0 Å². The number of imidazole rings is 1. The Kier molecular flexibility index (Phi) is 3.38. The highest BCUT2D eigenvalue weighted by molar-refractivity contribution is 5.74. The van der Waals surface area contributed by atoms with Crippen molar-refractivity contribution in [2.24, 2.45) is 5.41 Å². The molecule has 5 nitrogen and oxygen atoms in total. The average molecular weight is 259 g/mol. The normalized spacial score (nSPS) is 11.5. The van der Waals surface area contributed by atoms with Crippen molar-refractivity contribution in [3.63, 3.8) is 0 Å². The Morgan fingerprint density at radius 3 is 2.74 bits per heavy atom. The van der Waals surface area contributed by atoms with E-state index in [1.54, 1.807) is 20.0 Å². The summed E-state index contributed by atoms with van der Waals surface area (Å²) in [5, 5.41) is 9.14. The Labute approximate surface area is 111 Å². The van der Waals surface area contributed by atoms with Crippen molar-refractivity contribution in [3.8, 4) is 11.4 Å². The van der Waals surface area contributed by atoms with Crippen LogP contribution in [0.5, 0.6) is 0 Å². The van der Waals surface area contributed by atoms with Crippen molar-refractivity contribution < 1.29 is 9.90 Å². The molecule has 0 atom stereocenters. The van der Waals surface area contributed by atoms with Crippen LogP contribution in [0.4, 0.5) is 0 Å². The molecule has 0 bridgehead atoms. The zero-order chi connectivity index (χ0) is 14.0. The smallest absolute Gasteiger partial charge is 0.309 e. The van der Waals surface area contributed by atoms with Crippen molar-refractivity contribution in [2.75, 3.05) is 0 Å². The third kappa shape index (κ3) is 2.81. The lowest BCUT2D eigenvalue weighted by molar-refractivity contribution is -0.146. The number of carboxylic acids is 1. The molecule has 0 unspecified atom stereocenters. The topological polar surface area (TPSA) is 78.9 Å². The number of hydrogen-bond donors (Lipinski definition) is 2. The van der Waals surface area contributed by atoms with Gasteiger partial charge in [0.25, 0.3) is 0 Å². The van der Waals surface area contributed by atoms with Crippen molar-refractivity contribution >= 4 is 5.97 Å². The molecule has 2 heterocycles. The minimum absolute atomic E-state index is 0.357. The molecule has 0 aromatic carbocycles. The van der Waals surface area contributed by atoms with Crippen LogP contribution in [0.25, 0.3) is 11.4 Å². The highest BCUT2D eigenvalue weighted by atomic mass is 16.4. The largest absolute Gasteiger partial charge is 0.481 e. The highest BCUT2D eigenvalue weighted by Gasteiger charge is 2.29. The number of nitrogens with one attached hydrogen (secondary N) is 1. The van der Waals surface area contributed by atoms with Gasteiger partial charge < -0.3 is 10.1 Å². The van der Waals surface area contributed by atoms with Crippen molar-refractivity contribution in [1.29, 1.82) is 0 Å². The molecule has 2 aromatic rings. The van der Waals surface area contributed by atoms with E-state index in [1.807, 2.05) is 25.1 Å². The van der Waals surface area contributed by atoms with Gasteiger partial charge in [-0.25, -0.2) is 4.98 Å². The van der Waals surface area contributed by atoms with Crippen molar-refractivity contribution in [1.82, 2.24) is 15.0 Å². The molecule has 2 rings (SSSR count). The van der Waals surface area contributed by atoms with Crippen molar-refractivity contribution in [3.05, 3.63) is 35.9 Å². The standard InChI is InChI=1S/C14H17N3O2/c1-9-12(10-6-4-5-7-15-10)17-11(16-9)8-14(2,3)13(18)19/h4-7H,8H2,1-3H3,(H,16,17)(H,18,19). The molecule has 0 radical (unpaired) electrons. The molecule has 2 N–H and O–H groups in total. The molecule has 0 fully saturated rings. The van der Waals surface area contributed by atoms with Crippen LogP contribution in [0, 0.1) is 12.3 Å². The van der Waals surface area contributed by atoms with Crippen LogP contribution < -0.4 is 0 Å². The summed E-state index contributed by atoms with van der Waals surface area (Å²) in [4.78, 5) is 23.0. The predicted molar refractivity (Wildman–Crippen MR) is 71.7 cm³/mol. The molecule has 0 amide bonds. The van der Waals surface area contributed by atoms with Gasteiger partial charge in [-0.3, -0.25) is 9.78 Å². The van der Waals surface area contributed by atoms with E-state index in [2.05, 4.69) is 15.0 Å². The third-order valence-electron chi connectivity index (χ3n) is 3.03. The minimum Gasteiger partial charge on any atom is -0.481 e. The summed E-state index contributed by atoms with van der Waals surface area (Å²) in [6.07, 6.45) is 2.07. The number of H-pyrrole nitrogens is 1. The Morgan fingerprint density at radius 2 is 2.16 bits per heavy atom. The molecule has 0 aliphatic carbocycles. The van der Waals surface area contributed by atoms with Gasteiger partial charge in [-0.1, -0.05) is 6.07 Å². The minimum atomic E-state index is -0.842. The number of rotatable bonds is 4. The first-order chi connectivity index (χ1) is 8.90. The maximum Gasteiger partial charge on any atom is 0.309 e. The van der Waals surface area contributed by atoms with Gasteiger partial charge in [0.1, 0.15) is 11.5 Å². The lowest BCUT2D eigenvalue weighted by Gasteiger charge is -2.16. The lowest BCUT2D eigenvalue weighted by atomic mass is 9.89. The van der Waals surface area contributed by atoms with Crippen LogP contribution in [0.2, 0.25) is 0 Å². The van der Waals surface area contributed by atoms with E-state index in [4.69, 9.17) is 5.11 Å². The fraction of sp³-hybridized carbons (Fsp3) is 0.357. The number of aromatic nitrogens is 3. The number of aromatic amines is 1. The number of pyridine rings is 1.